The fourth-order valence-electron chi connectivity index (χ4n) is 4.75. The van der Waals surface area contributed by atoms with Gasteiger partial charge in [-0.25, -0.2) is 0 Å². The molecule has 17 heavy (non-hydrogen) atoms. The monoisotopic (exact) mass is 236 g/mol. The minimum atomic E-state index is 0.743. The summed E-state index contributed by atoms with van der Waals surface area (Å²) in [6, 6.07) is 0. The maximum atomic E-state index is 2.60. The second-order valence-electron chi connectivity index (χ2n) is 7.33. The molecule has 0 saturated heterocycles. The van der Waals surface area contributed by atoms with Crippen LogP contribution in [-0.2, 0) is 0 Å². The lowest BCUT2D eigenvalue weighted by Gasteiger charge is -2.19. The van der Waals surface area contributed by atoms with Crippen LogP contribution < -0.4 is 0 Å². The number of hydrogen-bond donors (Lipinski definition) is 0. The number of unbranched alkanes of at least 4 members (excludes halogenated alkanes) is 1. The van der Waals surface area contributed by atoms with Crippen molar-refractivity contribution in [2.75, 3.05) is 0 Å². The molecule has 0 aromatic carbocycles. The third-order valence-electron chi connectivity index (χ3n) is 5.94. The topological polar surface area (TPSA) is 0 Å². The molecule has 2 aliphatic rings. The molecule has 0 heteroatoms. The van der Waals surface area contributed by atoms with Crippen molar-refractivity contribution in [2.24, 2.45) is 29.1 Å². The Morgan fingerprint density at radius 2 is 2.00 bits per heavy atom. The minimum absolute atomic E-state index is 0.743. The smallest absolute Gasteiger partial charge is 0.0261 e. The highest BCUT2D eigenvalue weighted by atomic mass is 14.7. The molecule has 0 spiro atoms. The molecule has 0 N–H and O–H groups in total. The van der Waals surface area contributed by atoms with Crippen LogP contribution in [0.3, 0.4) is 0 Å². The first-order valence-corrected chi connectivity index (χ1v) is 8.09. The van der Waals surface area contributed by atoms with Gasteiger partial charge in [0.25, 0.3) is 0 Å². The largest absolute Gasteiger partial charge is 0.0654 e. The zero-order valence-electron chi connectivity index (χ0n) is 12.5. The molecule has 0 aliphatic heterocycles. The Morgan fingerprint density at radius 3 is 2.71 bits per heavy atom. The molecule has 2 fully saturated rings. The predicted octanol–water partition coefficient (Wildman–Crippen LogP) is 5.67. The molecule has 0 amide bonds. The van der Waals surface area contributed by atoms with Gasteiger partial charge in [0.05, 0.1) is 0 Å². The molecular formula is C17H32. The van der Waals surface area contributed by atoms with E-state index in [0.29, 0.717) is 0 Å². The Bertz CT molecular complexity index is 244. The Hall–Kier alpha value is 0. The Kier molecular flexibility index (Phi) is 4.21. The van der Waals surface area contributed by atoms with Gasteiger partial charge in [0.1, 0.15) is 0 Å². The van der Waals surface area contributed by atoms with E-state index in [0.717, 1.165) is 29.1 Å². The van der Waals surface area contributed by atoms with E-state index in [2.05, 4.69) is 27.7 Å². The van der Waals surface area contributed by atoms with Crippen LogP contribution in [-0.4, -0.2) is 0 Å². The average molecular weight is 236 g/mol. The summed E-state index contributed by atoms with van der Waals surface area (Å²) in [5.74, 6) is 4.13. The summed E-state index contributed by atoms with van der Waals surface area (Å²) in [5, 5.41) is 0. The minimum Gasteiger partial charge on any atom is -0.0654 e. The zero-order valence-corrected chi connectivity index (χ0v) is 12.5. The molecule has 5 unspecified atom stereocenters. The second kappa shape index (κ2) is 5.33. The average Bonchev–Trinajstić information content (AvgIpc) is 2.85. The first-order chi connectivity index (χ1) is 8.09. The highest BCUT2D eigenvalue weighted by Gasteiger charge is 2.61. The Labute approximate surface area is 109 Å². The molecule has 2 rings (SSSR count). The molecule has 0 bridgehead atoms. The summed E-state index contributed by atoms with van der Waals surface area (Å²) >= 11 is 0. The molecule has 0 radical (unpaired) electrons. The number of fused-ring (bicyclic) bond motifs is 1. The zero-order chi connectivity index (χ0) is 12.5. The summed E-state index contributed by atoms with van der Waals surface area (Å²) in [6.45, 7) is 9.91. The van der Waals surface area contributed by atoms with Gasteiger partial charge < -0.3 is 0 Å². The summed E-state index contributed by atoms with van der Waals surface area (Å²) in [7, 11) is 0. The van der Waals surface area contributed by atoms with Crippen LogP contribution in [0.15, 0.2) is 0 Å². The van der Waals surface area contributed by atoms with Crippen LogP contribution >= 0.6 is 0 Å². The highest BCUT2D eigenvalue weighted by molar-refractivity contribution is 5.09. The highest BCUT2D eigenvalue weighted by Crippen LogP contribution is 2.67. The molecule has 0 aromatic rings. The third kappa shape index (κ3) is 2.71. The van der Waals surface area contributed by atoms with E-state index in [1.807, 2.05) is 0 Å². The van der Waals surface area contributed by atoms with Crippen LogP contribution in [0.2, 0.25) is 0 Å². The van der Waals surface area contributed by atoms with E-state index in [1.54, 1.807) is 0 Å². The summed E-state index contributed by atoms with van der Waals surface area (Å²) in [6.07, 6.45) is 11.8. The second-order valence-corrected chi connectivity index (χ2v) is 7.33. The van der Waals surface area contributed by atoms with Crippen molar-refractivity contribution >= 4 is 0 Å². The van der Waals surface area contributed by atoms with Gasteiger partial charge >= 0.3 is 0 Å². The van der Waals surface area contributed by atoms with Crippen molar-refractivity contribution in [3.8, 4) is 0 Å². The molecule has 5 atom stereocenters. The Balaban J connectivity index is 1.92. The first-order valence-electron chi connectivity index (χ1n) is 8.09. The van der Waals surface area contributed by atoms with Crippen molar-refractivity contribution in [1.29, 1.82) is 0 Å². The summed E-state index contributed by atoms with van der Waals surface area (Å²) < 4.78 is 0. The summed E-state index contributed by atoms with van der Waals surface area (Å²) in [4.78, 5) is 0. The van der Waals surface area contributed by atoms with Crippen molar-refractivity contribution < 1.29 is 0 Å². The van der Waals surface area contributed by atoms with Gasteiger partial charge in [0.2, 0.25) is 0 Å². The van der Waals surface area contributed by atoms with Gasteiger partial charge in [0, 0.05) is 0 Å². The lowest BCUT2D eigenvalue weighted by Crippen LogP contribution is -2.08. The molecule has 2 saturated carbocycles. The number of hydrogen-bond acceptors (Lipinski definition) is 0. The van der Waals surface area contributed by atoms with E-state index >= 15 is 0 Å². The van der Waals surface area contributed by atoms with Crippen molar-refractivity contribution in [2.45, 2.75) is 79.1 Å². The normalized spacial score (nSPS) is 43.4. The van der Waals surface area contributed by atoms with E-state index in [-0.39, 0.29) is 0 Å². The van der Waals surface area contributed by atoms with Gasteiger partial charge in [-0.05, 0) is 41.9 Å². The molecule has 2 aliphatic carbocycles. The van der Waals surface area contributed by atoms with Crippen LogP contribution in [0, 0.1) is 29.1 Å². The fraction of sp³-hybridized carbons (Fsp3) is 1.00. The SMILES string of the molecule is CCCCC(C)C1C2CCC(C)CCCC21C. The molecule has 100 valence electrons. The molecule has 0 aromatic heterocycles. The van der Waals surface area contributed by atoms with Gasteiger partial charge in [0.15, 0.2) is 0 Å². The first kappa shape index (κ1) is 13.4. The van der Waals surface area contributed by atoms with Gasteiger partial charge in [-0.3, -0.25) is 0 Å². The van der Waals surface area contributed by atoms with Gasteiger partial charge in [-0.15, -0.1) is 0 Å². The Morgan fingerprint density at radius 1 is 1.24 bits per heavy atom. The molecular weight excluding hydrogens is 204 g/mol. The van der Waals surface area contributed by atoms with E-state index < -0.39 is 0 Å². The van der Waals surface area contributed by atoms with E-state index in [4.69, 9.17) is 0 Å². The van der Waals surface area contributed by atoms with Crippen LogP contribution in [0.1, 0.15) is 79.1 Å². The van der Waals surface area contributed by atoms with Crippen molar-refractivity contribution in [3.63, 3.8) is 0 Å². The fourth-order valence-corrected chi connectivity index (χ4v) is 4.75. The predicted molar refractivity (Wildman–Crippen MR) is 76.0 cm³/mol. The molecule has 0 heterocycles. The van der Waals surface area contributed by atoms with E-state index in [9.17, 15) is 0 Å². The van der Waals surface area contributed by atoms with Crippen LogP contribution in [0.5, 0.6) is 0 Å². The summed E-state index contributed by atoms with van der Waals surface area (Å²) in [5.41, 5.74) is 0.743. The van der Waals surface area contributed by atoms with E-state index in [1.165, 1.54) is 51.4 Å². The van der Waals surface area contributed by atoms with Gasteiger partial charge in [-0.2, -0.15) is 0 Å². The lowest BCUT2D eigenvalue weighted by molar-refractivity contribution is 0.320. The maximum Gasteiger partial charge on any atom is -0.0261 e. The molecule has 0 nitrogen and oxygen atoms in total. The third-order valence-corrected chi connectivity index (χ3v) is 5.94. The quantitative estimate of drug-likeness (QED) is 0.590. The van der Waals surface area contributed by atoms with Crippen molar-refractivity contribution in [1.82, 2.24) is 0 Å². The lowest BCUT2D eigenvalue weighted by atomic mass is 9.86. The number of rotatable bonds is 4. The van der Waals surface area contributed by atoms with Crippen LogP contribution in [0.4, 0.5) is 0 Å². The standard InChI is InChI=1S/C17H32/c1-5-6-9-14(3)16-15-11-10-13(2)8-7-12-17(15,16)4/h13-16H,5-12H2,1-4H3. The van der Waals surface area contributed by atoms with Crippen LogP contribution in [0.25, 0.3) is 0 Å². The van der Waals surface area contributed by atoms with Crippen molar-refractivity contribution in [3.05, 3.63) is 0 Å². The maximum absolute atomic E-state index is 2.60. The van der Waals surface area contributed by atoms with Gasteiger partial charge in [-0.1, -0.05) is 66.2 Å².